The van der Waals surface area contributed by atoms with Gasteiger partial charge in [0.15, 0.2) is 5.13 Å². The highest BCUT2D eigenvalue weighted by molar-refractivity contribution is 7.22. The minimum atomic E-state index is -0.293. The standard InChI is InChI=1S/C18H16ClN7O2S/c1-28-15-9-14(26-10-22-24-25-26)12(19)8-11(15)17(27)20-6-7-21-18-23-13-4-2-3-5-16(13)29-18/h2-5,8-10H,6-7H2,1H3,(H,20,27)(H,21,23). The maximum Gasteiger partial charge on any atom is 0.255 e. The number of rotatable bonds is 7. The summed E-state index contributed by atoms with van der Waals surface area (Å²) in [6, 6.07) is 11.1. The molecule has 148 valence electrons. The fourth-order valence-electron chi connectivity index (χ4n) is 2.72. The van der Waals surface area contributed by atoms with E-state index in [0.29, 0.717) is 35.1 Å². The number of methoxy groups -OCH3 is 1. The van der Waals surface area contributed by atoms with Gasteiger partial charge < -0.3 is 15.4 Å². The van der Waals surface area contributed by atoms with Gasteiger partial charge in [-0.2, -0.15) is 4.68 Å². The number of para-hydroxylation sites is 1. The van der Waals surface area contributed by atoms with Gasteiger partial charge >= 0.3 is 0 Å². The fraction of sp³-hybridized carbons (Fsp3) is 0.167. The molecule has 0 aliphatic carbocycles. The second-order valence-corrected chi connectivity index (χ2v) is 7.37. The number of fused-ring (bicyclic) bond motifs is 1. The molecule has 29 heavy (non-hydrogen) atoms. The average molecular weight is 430 g/mol. The van der Waals surface area contributed by atoms with Crippen LogP contribution in [0.4, 0.5) is 5.13 Å². The smallest absolute Gasteiger partial charge is 0.255 e. The first kappa shape index (κ1) is 19.1. The Morgan fingerprint density at radius 2 is 2.14 bits per heavy atom. The molecule has 1 amide bonds. The van der Waals surface area contributed by atoms with Crippen molar-refractivity contribution in [3.05, 3.63) is 53.3 Å². The van der Waals surface area contributed by atoms with Crippen LogP contribution in [0.2, 0.25) is 5.02 Å². The van der Waals surface area contributed by atoms with E-state index in [2.05, 4.69) is 31.1 Å². The summed E-state index contributed by atoms with van der Waals surface area (Å²) in [4.78, 5) is 17.1. The number of carbonyl (C=O) groups excluding carboxylic acids is 1. The van der Waals surface area contributed by atoms with Gasteiger partial charge in [-0.3, -0.25) is 4.79 Å². The Bertz CT molecular complexity index is 1110. The van der Waals surface area contributed by atoms with E-state index < -0.39 is 0 Å². The summed E-state index contributed by atoms with van der Waals surface area (Å²) in [6.07, 6.45) is 1.41. The molecule has 0 atom stereocenters. The monoisotopic (exact) mass is 429 g/mol. The maximum absolute atomic E-state index is 12.6. The van der Waals surface area contributed by atoms with Crippen LogP contribution in [-0.2, 0) is 0 Å². The molecule has 0 saturated carbocycles. The summed E-state index contributed by atoms with van der Waals surface area (Å²) < 4.78 is 7.85. The Kier molecular flexibility index (Phi) is 5.54. The summed E-state index contributed by atoms with van der Waals surface area (Å²) in [5, 5.41) is 18.2. The Labute approximate surface area is 174 Å². The number of halogens is 1. The van der Waals surface area contributed by atoms with Crippen LogP contribution in [0, 0.1) is 0 Å². The molecule has 0 fully saturated rings. The SMILES string of the molecule is COc1cc(-n2cnnn2)c(Cl)cc1C(=O)NCCNc1nc2ccccc2s1. The second-order valence-electron chi connectivity index (χ2n) is 5.93. The summed E-state index contributed by atoms with van der Waals surface area (Å²) in [7, 11) is 1.48. The number of benzene rings is 2. The van der Waals surface area contributed by atoms with Gasteiger partial charge in [0, 0.05) is 19.2 Å². The van der Waals surface area contributed by atoms with E-state index in [1.165, 1.54) is 24.2 Å². The number of hydrogen-bond acceptors (Lipinski definition) is 8. The Morgan fingerprint density at radius 1 is 1.28 bits per heavy atom. The molecule has 0 unspecified atom stereocenters. The van der Waals surface area contributed by atoms with Crippen molar-refractivity contribution < 1.29 is 9.53 Å². The topological polar surface area (TPSA) is 107 Å². The lowest BCUT2D eigenvalue weighted by Gasteiger charge is -2.12. The van der Waals surface area contributed by atoms with E-state index in [-0.39, 0.29) is 5.91 Å². The van der Waals surface area contributed by atoms with Crippen molar-refractivity contribution in [3.63, 3.8) is 0 Å². The van der Waals surface area contributed by atoms with Gasteiger partial charge in [-0.15, -0.1) is 5.10 Å². The van der Waals surface area contributed by atoms with Gasteiger partial charge in [0.2, 0.25) is 0 Å². The van der Waals surface area contributed by atoms with Crippen LogP contribution in [0.3, 0.4) is 0 Å². The van der Waals surface area contributed by atoms with Crippen LogP contribution in [0.5, 0.6) is 5.75 Å². The molecule has 0 saturated heterocycles. The molecule has 2 N–H and O–H groups in total. The number of tetrazole rings is 1. The summed E-state index contributed by atoms with van der Waals surface area (Å²) >= 11 is 7.87. The molecule has 2 heterocycles. The lowest BCUT2D eigenvalue weighted by molar-refractivity contribution is 0.0952. The van der Waals surface area contributed by atoms with E-state index in [0.717, 1.165) is 15.3 Å². The first-order valence-electron chi connectivity index (χ1n) is 8.64. The number of anilines is 1. The number of aromatic nitrogens is 5. The van der Waals surface area contributed by atoms with Crippen molar-refractivity contribution in [2.24, 2.45) is 0 Å². The summed E-state index contributed by atoms with van der Waals surface area (Å²) in [6.45, 7) is 0.939. The van der Waals surface area contributed by atoms with Gasteiger partial charge in [0.25, 0.3) is 5.91 Å². The molecule has 11 heteroatoms. The summed E-state index contributed by atoms with van der Waals surface area (Å²) in [5.74, 6) is 0.0784. The zero-order valence-corrected chi connectivity index (χ0v) is 16.9. The minimum absolute atomic E-state index is 0.293. The van der Waals surface area contributed by atoms with Gasteiger partial charge in [0.1, 0.15) is 12.1 Å². The molecule has 9 nitrogen and oxygen atoms in total. The van der Waals surface area contributed by atoms with E-state index in [4.69, 9.17) is 16.3 Å². The molecule has 4 rings (SSSR count). The van der Waals surface area contributed by atoms with Gasteiger partial charge in [-0.05, 0) is 28.6 Å². The molecule has 2 aromatic heterocycles. The Hall–Kier alpha value is -3.24. The molecular weight excluding hydrogens is 414 g/mol. The van der Waals surface area contributed by atoms with Gasteiger partial charge in [0.05, 0.1) is 33.6 Å². The third-order valence-corrected chi connectivity index (χ3v) is 5.39. The highest BCUT2D eigenvalue weighted by Gasteiger charge is 2.17. The second kappa shape index (κ2) is 8.41. The molecule has 0 radical (unpaired) electrons. The number of ether oxygens (including phenoxy) is 1. The molecule has 0 bridgehead atoms. The molecule has 4 aromatic rings. The van der Waals surface area contributed by atoms with Crippen LogP contribution in [0.25, 0.3) is 15.9 Å². The lowest BCUT2D eigenvalue weighted by atomic mass is 10.1. The van der Waals surface area contributed by atoms with Crippen molar-refractivity contribution >= 4 is 44.2 Å². The highest BCUT2D eigenvalue weighted by atomic mass is 35.5. The van der Waals surface area contributed by atoms with Crippen molar-refractivity contribution in [2.45, 2.75) is 0 Å². The van der Waals surface area contributed by atoms with Crippen molar-refractivity contribution in [1.29, 1.82) is 0 Å². The number of nitrogens with one attached hydrogen (secondary N) is 2. The number of hydrogen-bond donors (Lipinski definition) is 2. The van der Waals surface area contributed by atoms with E-state index >= 15 is 0 Å². The van der Waals surface area contributed by atoms with Crippen LogP contribution >= 0.6 is 22.9 Å². The van der Waals surface area contributed by atoms with Crippen molar-refractivity contribution in [3.8, 4) is 11.4 Å². The number of thiazole rings is 1. The molecule has 0 aliphatic heterocycles. The zero-order valence-electron chi connectivity index (χ0n) is 15.3. The quantitative estimate of drug-likeness (QED) is 0.435. The van der Waals surface area contributed by atoms with Crippen LogP contribution < -0.4 is 15.4 Å². The first-order valence-corrected chi connectivity index (χ1v) is 9.83. The highest BCUT2D eigenvalue weighted by Crippen LogP contribution is 2.29. The van der Waals surface area contributed by atoms with Crippen molar-refractivity contribution in [1.82, 2.24) is 30.5 Å². The Morgan fingerprint density at radius 3 is 2.90 bits per heavy atom. The minimum Gasteiger partial charge on any atom is -0.496 e. The van der Waals surface area contributed by atoms with Crippen LogP contribution in [0.15, 0.2) is 42.7 Å². The third-order valence-electron chi connectivity index (χ3n) is 4.09. The first-order chi connectivity index (χ1) is 14.2. The van der Waals surface area contributed by atoms with E-state index in [9.17, 15) is 4.79 Å². The van der Waals surface area contributed by atoms with Crippen molar-refractivity contribution in [2.75, 3.05) is 25.5 Å². The van der Waals surface area contributed by atoms with Crippen LogP contribution in [0.1, 0.15) is 10.4 Å². The number of amides is 1. The number of nitrogens with zero attached hydrogens (tertiary/aromatic N) is 5. The van der Waals surface area contributed by atoms with Crippen LogP contribution in [-0.4, -0.2) is 51.3 Å². The van der Waals surface area contributed by atoms with Gasteiger partial charge in [-0.25, -0.2) is 4.98 Å². The summed E-state index contributed by atoms with van der Waals surface area (Å²) in [5.41, 5.74) is 1.79. The normalized spacial score (nSPS) is 10.8. The largest absolute Gasteiger partial charge is 0.496 e. The number of carbonyl (C=O) groups is 1. The predicted octanol–water partition coefficient (Wildman–Crippen LogP) is 2.78. The fourth-order valence-corrected chi connectivity index (χ4v) is 3.87. The average Bonchev–Trinajstić information content (AvgIpc) is 3.40. The molecule has 0 aliphatic rings. The molecule has 2 aromatic carbocycles. The van der Waals surface area contributed by atoms with E-state index in [1.807, 2.05) is 24.3 Å². The predicted molar refractivity (Wildman–Crippen MR) is 111 cm³/mol. The Balaban J connectivity index is 1.39. The van der Waals surface area contributed by atoms with Gasteiger partial charge in [-0.1, -0.05) is 35.1 Å². The molecular formula is C18H16ClN7O2S. The van der Waals surface area contributed by atoms with E-state index in [1.54, 1.807) is 17.4 Å². The maximum atomic E-state index is 12.6. The zero-order chi connectivity index (χ0) is 20.2. The molecule has 0 spiro atoms. The lowest BCUT2D eigenvalue weighted by Crippen LogP contribution is -2.29. The third kappa shape index (κ3) is 4.13.